The normalized spacial score (nSPS) is 12.0. The average molecular weight is 342 g/mol. The summed E-state index contributed by atoms with van der Waals surface area (Å²) in [6.07, 6.45) is 1.97. The standard InChI is InChI=1S/C21H18N4O/c26-20(14-19-16-10-4-5-11-17(16)24-25-19)23-21(15-8-2-1-3-9-15)18-12-6-7-13-22-18/h1-13,21H,14H2,(H,23,26)(H,24,25). The second kappa shape index (κ2) is 7.19. The van der Waals surface area contributed by atoms with E-state index < -0.39 is 0 Å². The van der Waals surface area contributed by atoms with Crippen LogP contribution < -0.4 is 5.32 Å². The van der Waals surface area contributed by atoms with E-state index in [9.17, 15) is 4.79 Å². The number of nitrogens with one attached hydrogen (secondary N) is 2. The number of carbonyl (C=O) groups is 1. The summed E-state index contributed by atoms with van der Waals surface area (Å²) < 4.78 is 0. The van der Waals surface area contributed by atoms with Gasteiger partial charge in [-0.2, -0.15) is 5.10 Å². The van der Waals surface area contributed by atoms with E-state index in [1.807, 2.05) is 72.8 Å². The molecule has 0 saturated carbocycles. The molecular weight excluding hydrogens is 324 g/mol. The molecule has 0 radical (unpaired) electrons. The lowest BCUT2D eigenvalue weighted by atomic mass is 10.0. The first-order chi connectivity index (χ1) is 12.8. The van der Waals surface area contributed by atoms with Gasteiger partial charge in [0.15, 0.2) is 0 Å². The molecule has 2 heterocycles. The van der Waals surface area contributed by atoms with E-state index in [4.69, 9.17) is 0 Å². The van der Waals surface area contributed by atoms with E-state index in [1.165, 1.54) is 0 Å². The van der Waals surface area contributed by atoms with Gasteiger partial charge in [-0.15, -0.1) is 0 Å². The fourth-order valence-corrected chi connectivity index (χ4v) is 3.04. The number of carbonyl (C=O) groups excluding carboxylic acids is 1. The molecule has 0 bridgehead atoms. The number of hydrogen-bond acceptors (Lipinski definition) is 3. The molecule has 2 aromatic heterocycles. The third-order valence-corrected chi connectivity index (χ3v) is 4.30. The molecule has 1 unspecified atom stereocenters. The van der Waals surface area contributed by atoms with Gasteiger partial charge in [-0.05, 0) is 23.8 Å². The van der Waals surface area contributed by atoms with Crippen LogP contribution in [0.15, 0.2) is 79.0 Å². The van der Waals surface area contributed by atoms with E-state index in [-0.39, 0.29) is 18.4 Å². The Morgan fingerprint density at radius 3 is 2.54 bits per heavy atom. The van der Waals surface area contributed by atoms with Gasteiger partial charge in [-0.25, -0.2) is 0 Å². The molecule has 4 rings (SSSR count). The van der Waals surface area contributed by atoms with Crippen LogP contribution in [0, 0.1) is 0 Å². The molecule has 1 atom stereocenters. The predicted molar refractivity (Wildman–Crippen MR) is 100 cm³/mol. The minimum atomic E-state index is -0.293. The van der Waals surface area contributed by atoms with Gasteiger partial charge in [0.05, 0.1) is 29.4 Å². The summed E-state index contributed by atoms with van der Waals surface area (Å²) in [5, 5.41) is 11.3. The quantitative estimate of drug-likeness (QED) is 0.584. The fourth-order valence-electron chi connectivity index (χ4n) is 3.04. The molecule has 5 heteroatoms. The summed E-state index contributed by atoms with van der Waals surface area (Å²) in [6.45, 7) is 0. The van der Waals surface area contributed by atoms with Crippen molar-refractivity contribution in [1.29, 1.82) is 0 Å². The van der Waals surface area contributed by atoms with Crippen LogP contribution in [0.1, 0.15) is 23.0 Å². The Labute approximate surface area is 151 Å². The van der Waals surface area contributed by atoms with Gasteiger partial charge < -0.3 is 5.32 Å². The average Bonchev–Trinajstić information content (AvgIpc) is 3.10. The second-order valence-corrected chi connectivity index (χ2v) is 6.06. The Morgan fingerprint density at radius 1 is 0.962 bits per heavy atom. The number of benzene rings is 2. The van der Waals surface area contributed by atoms with E-state index in [0.717, 1.165) is 27.9 Å². The SMILES string of the molecule is O=C(Cc1[nH]nc2ccccc12)NC(c1ccccc1)c1ccccn1. The molecular formula is C21H18N4O. The molecule has 2 aromatic carbocycles. The van der Waals surface area contributed by atoms with E-state index in [1.54, 1.807) is 6.20 Å². The third kappa shape index (κ3) is 3.32. The predicted octanol–water partition coefficient (Wildman–Crippen LogP) is 3.41. The number of nitrogens with zero attached hydrogens (tertiary/aromatic N) is 2. The van der Waals surface area contributed by atoms with Crippen LogP contribution >= 0.6 is 0 Å². The smallest absolute Gasteiger partial charge is 0.226 e. The zero-order chi connectivity index (χ0) is 17.8. The maximum Gasteiger partial charge on any atom is 0.226 e. The van der Waals surface area contributed by atoms with Crippen molar-refractivity contribution in [2.75, 3.05) is 0 Å². The van der Waals surface area contributed by atoms with Crippen molar-refractivity contribution in [1.82, 2.24) is 20.5 Å². The molecule has 0 aliphatic carbocycles. The lowest BCUT2D eigenvalue weighted by Crippen LogP contribution is -2.31. The first-order valence-corrected chi connectivity index (χ1v) is 8.48. The maximum absolute atomic E-state index is 12.7. The van der Waals surface area contributed by atoms with Crippen LogP contribution in [0.5, 0.6) is 0 Å². The molecule has 128 valence electrons. The molecule has 0 aliphatic heterocycles. The van der Waals surface area contributed by atoms with Gasteiger partial charge in [-0.3, -0.25) is 14.9 Å². The van der Waals surface area contributed by atoms with Crippen molar-refractivity contribution in [3.05, 3.63) is 95.9 Å². The molecule has 0 saturated heterocycles. The van der Waals surface area contributed by atoms with Gasteiger partial charge in [-0.1, -0.05) is 54.6 Å². The number of fused-ring (bicyclic) bond motifs is 1. The lowest BCUT2D eigenvalue weighted by Gasteiger charge is -2.18. The van der Waals surface area contributed by atoms with Gasteiger partial charge in [0, 0.05) is 11.6 Å². The monoisotopic (exact) mass is 342 g/mol. The molecule has 4 aromatic rings. The van der Waals surface area contributed by atoms with Crippen molar-refractivity contribution >= 4 is 16.8 Å². The number of pyridine rings is 1. The van der Waals surface area contributed by atoms with Gasteiger partial charge in [0.1, 0.15) is 0 Å². The molecule has 2 N–H and O–H groups in total. The number of aromatic nitrogens is 3. The Balaban J connectivity index is 1.58. The number of H-pyrrole nitrogens is 1. The molecule has 0 fully saturated rings. The van der Waals surface area contributed by atoms with Crippen molar-refractivity contribution in [3.8, 4) is 0 Å². The van der Waals surface area contributed by atoms with Gasteiger partial charge in [0.25, 0.3) is 0 Å². The highest BCUT2D eigenvalue weighted by atomic mass is 16.1. The zero-order valence-electron chi connectivity index (χ0n) is 14.1. The highest BCUT2D eigenvalue weighted by molar-refractivity contribution is 5.87. The van der Waals surface area contributed by atoms with E-state index >= 15 is 0 Å². The highest BCUT2D eigenvalue weighted by Gasteiger charge is 2.19. The Morgan fingerprint density at radius 2 is 1.73 bits per heavy atom. The van der Waals surface area contributed by atoms with Crippen molar-refractivity contribution in [3.63, 3.8) is 0 Å². The Kier molecular flexibility index (Phi) is 4.43. The van der Waals surface area contributed by atoms with Gasteiger partial charge >= 0.3 is 0 Å². The molecule has 5 nitrogen and oxygen atoms in total. The number of hydrogen-bond donors (Lipinski definition) is 2. The highest BCUT2D eigenvalue weighted by Crippen LogP contribution is 2.21. The summed E-state index contributed by atoms with van der Waals surface area (Å²) in [6, 6.07) is 23.0. The van der Waals surface area contributed by atoms with Crippen LogP contribution in [-0.4, -0.2) is 21.1 Å². The van der Waals surface area contributed by atoms with Crippen molar-refractivity contribution in [2.45, 2.75) is 12.5 Å². The van der Waals surface area contributed by atoms with E-state index in [0.29, 0.717) is 0 Å². The Bertz CT molecular complexity index is 972. The summed E-state index contributed by atoms with van der Waals surface area (Å²) >= 11 is 0. The van der Waals surface area contributed by atoms with Crippen molar-refractivity contribution in [2.24, 2.45) is 0 Å². The van der Waals surface area contributed by atoms with Crippen LogP contribution in [0.2, 0.25) is 0 Å². The first-order valence-electron chi connectivity index (χ1n) is 8.48. The number of amides is 1. The number of para-hydroxylation sites is 1. The van der Waals surface area contributed by atoms with Crippen LogP contribution in [0.4, 0.5) is 0 Å². The number of rotatable bonds is 5. The van der Waals surface area contributed by atoms with Crippen molar-refractivity contribution < 1.29 is 4.79 Å². The molecule has 0 spiro atoms. The second-order valence-electron chi connectivity index (χ2n) is 6.06. The maximum atomic E-state index is 12.7. The fraction of sp³-hybridized carbons (Fsp3) is 0.0952. The largest absolute Gasteiger partial charge is 0.343 e. The van der Waals surface area contributed by atoms with E-state index in [2.05, 4.69) is 20.5 Å². The van der Waals surface area contributed by atoms with Gasteiger partial charge in [0.2, 0.25) is 5.91 Å². The Hall–Kier alpha value is -3.47. The zero-order valence-corrected chi connectivity index (χ0v) is 14.1. The topological polar surface area (TPSA) is 70.7 Å². The summed E-state index contributed by atoms with van der Waals surface area (Å²) in [5.74, 6) is -0.0843. The molecule has 0 aliphatic rings. The minimum Gasteiger partial charge on any atom is -0.343 e. The van der Waals surface area contributed by atoms with Crippen LogP contribution in [0.3, 0.4) is 0 Å². The minimum absolute atomic E-state index is 0.0843. The van der Waals surface area contributed by atoms with Crippen LogP contribution in [0.25, 0.3) is 10.9 Å². The molecule has 26 heavy (non-hydrogen) atoms. The summed E-state index contributed by atoms with van der Waals surface area (Å²) in [7, 11) is 0. The first kappa shape index (κ1) is 16.0. The summed E-state index contributed by atoms with van der Waals surface area (Å²) in [4.78, 5) is 17.1. The van der Waals surface area contributed by atoms with Crippen LogP contribution in [-0.2, 0) is 11.2 Å². The lowest BCUT2D eigenvalue weighted by molar-refractivity contribution is -0.121. The third-order valence-electron chi connectivity index (χ3n) is 4.30. The summed E-state index contributed by atoms with van der Waals surface area (Å²) in [5.41, 5.74) is 3.47. The number of aromatic amines is 1. The molecule has 1 amide bonds.